The molecule has 17 heavy (non-hydrogen) atoms. The van der Waals surface area contributed by atoms with Crippen LogP contribution in [0.1, 0.15) is 22.6 Å². The summed E-state index contributed by atoms with van der Waals surface area (Å²) in [5.41, 5.74) is 3.30. The zero-order chi connectivity index (χ0) is 12.4. The predicted octanol–water partition coefficient (Wildman–Crippen LogP) is 4.10. The van der Waals surface area contributed by atoms with Crippen LogP contribution >= 0.6 is 27.5 Å². The average molecular weight is 312 g/mol. The van der Waals surface area contributed by atoms with Crippen molar-refractivity contribution in [1.29, 1.82) is 0 Å². The smallest absolute Gasteiger partial charge is 0.147 e. The van der Waals surface area contributed by atoms with E-state index in [0.29, 0.717) is 11.6 Å². The minimum Gasteiger partial charge on any atom is -0.237 e. The van der Waals surface area contributed by atoms with Gasteiger partial charge in [-0.05, 0) is 35.3 Å². The van der Waals surface area contributed by atoms with Gasteiger partial charge in [-0.1, -0.05) is 41.4 Å². The zero-order valence-corrected chi connectivity index (χ0v) is 12.0. The molecule has 1 aromatic carbocycles. The molecule has 0 amide bonds. The van der Waals surface area contributed by atoms with Gasteiger partial charge in [0, 0.05) is 6.42 Å². The van der Waals surface area contributed by atoms with E-state index in [9.17, 15) is 0 Å². The highest BCUT2D eigenvalue weighted by molar-refractivity contribution is 9.10. The van der Waals surface area contributed by atoms with Crippen molar-refractivity contribution in [3.8, 4) is 0 Å². The third-order valence-corrected chi connectivity index (χ3v) is 3.92. The van der Waals surface area contributed by atoms with Crippen LogP contribution in [0.3, 0.4) is 0 Å². The van der Waals surface area contributed by atoms with Crippen LogP contribution in [0.15, 0.2) is 28.7 Å². The van der Waals surface area contributed by atoms with Crippen molar-refractivity contribution in [1.82, 2.24) is 9.97 Å². The number of aromatic nitrogens is 2. The zero-order valence-electron chi connectivity index (χ0n) is 9.67. The van der Waals surface area contributed by atoms with Crippen LogP contribution in [0, 0.1) is 13.8 Å². The molecule has 0 bridgehead atoms. The summed E-state index contributed by atoms with van der Waals surface area (Å²) in [6.45, 7) is 3.99. The molecule has 0 atom stereocenters. The molecule has 0 fully saturated rings. The molecule has 0 saturated heterocycles. The van der Waals surface area contributed by atoms with Crippen molar-refractivity contribution in [3.63, 3.8) is 0 Å². The fraction of sp³-hybridized carbons (Fsp3) is 0.231. The van der Waals surface area contributed by atoms with E-state index in [-0.39, 0.29) is 0 Å². The van der Waals surface area contributed by atoms with Gasteiger partial charge in [-0.3, -0.25) is 0 Å². The molecule has 0 spiro atoms. The Morgan fingerprint density at radius 3 is 2.65 bits per heavy atom. The Bertz CT molecular complexity index is 532. The molecule has 1 heterocycles. The Morgan fingerprint density at radius 2 is 2.00 bits per heavy atom. The molecule has 1 aromatic heterocycles. The predicted molar refractivity (Wildman–Crippen MR) is 73.5 cm³/mol. The van der Waals surface area contributed by atoms with E-state index in [1.807, 2.05) is 13.0 Å². The quantitative estimate of drug-likeness (QED) is 0.780. The van der Waals surface area contributed by atoms with Gasteiger partial charge in [-0.25, -0.2) is 9.97 Å². The summed E-state index contributed by atoms with van der Waals surface area (Å²) in [6, 6.07) is 8.32. The molecule has 88 valence electrons. The summed E-state index contributed by atoms with van der Waals surface area (Å²) < 4.78 is 0.771. The monoisotopic (exact) mass is 310 g/mol. The first-order chi connectivity index (χ1) is 8.06. The number of benzene rings is 1. The summed E-state index contributed by atoms with van der Waals surface area (Å²) >= 11 is 9.37. The Labute approximate surface area is 114 Å². The van der Waals surface area contributed by atoms with Gasteiger partial charge in [-0.15, -0.1) is 0 Å². The Kier molecular flexibility index (Phi) is 3.79. The maximum absolute atomic E-state index is 6.02. The van der Waals surface area contributed by atoms with Gasteiger partial charge in [0.05, 0.1) is 10.2 Å². The highest BCUT2D eigenvalue weighted by Crippen LogP contribution is 2.23. The van der Waals surface area contributed by atoms with Crippen LogP contribution in [-0.4, -0.2) is 9.97 Å². The number of hydrogen-bond acceptors (Lipinski definition) is 2. The summed E-state index contributed by atoms with van der Waals surface area (Å²) in [4.78, 5) is 8.68. The lowest BCUT2D eigenvalue weighted by atomic mass is 10.1. The second-order valence-corrected chi connectivity index (χ2v) is 5.15. The summed E-state index contributed by atoms with van der Waals surface area (Å²) in [5.74, 6) is 0.751. The number of aryl methyl sites for hydroxylation is 2. The maximum Gasteiger partial charge on any atom is 0.147 e. The molecule has 0 radical (unpaired) electrons. The van der Waals surface area contributed by atoms with Crippen LogP contribution in [0.2, 0.25) is 5.15 Å². The molecule has 2 aromatic rings. The minimum atomic E-state index is 0.472. The summed E-state index contributed by atoms with van der Waals surface area (Å²) in [5, 5.41) is 0.472. The lowest BCUT2D eigenvalue weighted by Crippen LogP contribution is -2.00. The van der Waals surface area contributed by atoms with E-state index in [0.717, 1.165) is 16.0 Å². The third kappa shape index (κ3) is 3.05. The molecule has 0 saturated carbocycles. The van der Waals surface area contributed by atoms with Crippen molar-refractivity contribution in [2.75, 3.05) is 0 Å². The molecule has 0 aliphatic rings. The lowest BCUT2D eigenvalue weighted by Gasteiger charge is -2.05. The first-order valence-electron chi connectivity index (χ1n) is 5.30. The Hall–Kier alpha value is -0.930. The molecule has 4 heteroatoms. The van der Waals surface area contributed by atoms with Crippen molar-refractivity contribution in [2.24, 2.45) is 0 Å². The van der Waals surface area contributed by atoms with Crippen molar-refractivity contribution in [3.05, 3.63) is 56.5 Å². The van der Waals surface area contributed by atoms with Gasteiger partial charge in [0.15, 0.2) is 0 Å². The molecular formula is C13H12BrClN2. The van der Waals surface area contributed by atoms with Crippen molar-refractivity contribution < 1.29 is 0 Å². The average Bonchev–Trinajstić information content (AvgIpc) is 2.26. The van der Waals surface area contributed by atoms with Crippen LogP contribution in [0.5, 0.6) is 0 Å². The largest absolute Gasteiger partial charge is 0.237 e. The molecule has 0 N–H and O–H groups in total. The normalized spacial score (nSPS) is 10.6. The van der Waals surface area contributed by atoms with Crippen LogP contribution in [-0.2, 0) is 6.42 Å². The Morgan fingerprint density at radius 1 is 1.24 bits per heavy atom. The van der Waals surface area contributed by atoms with Crippen molar-refractivity contribution >= 4 is 27.5 Å². The standard InChI is InChI=1S/C13H12BrClN2/c1-8-4-3-5-10(6-8)7-11-16-9(2)12(14)13(15)17-11/h3-6H,7H2,1-2H3. The molecule has 2 rings (SSSR count). The highest BCUT2D eigenvalue weighted by Gasteiger charge is 2.07. The van der Waals surface area contributed by atoms with E-state index in [4.69, 9.17) is 11.6 Å². The topological polar surface area (TPSA) is 25.8 Å². The summed E-state index contributed by atoms with van der Waals surface area (Å²) in [7, 11) is 0. The van der Waals surface area contributed by atoms with E-state index in [1.165, 1.54) is 11.1 Å². The molecule has 0 aliphatic heterocycles. The number of halogens is 2. The molecular weight excluding hydrogens is 300 g/mol. The van der Waals surface area contributed by atoms with Gasteiger partial charge in [0.25, 0.3) is 0 Å². The number of nitrogens with zero attached hydrogens (tertiary/aromatic N) is 2. The number of rotatable bonds is 2. The van der Waals surface area contributed by atoms with Gasteiger partial charge in [0.2, 0.25) is 0 Å². The molecule has 0 aliphatic carbocycles. The number of hydrogen-bond donors (Lipinski definition) is 0. The third-order valence-electron chi connectivity index (χ3n) is 2.47. The van der Waals surface area contributed by atoms with Crippen LogP contribution in [0.25, 0.3) is 0 Å². The summed E-state index contributed by atoms with van der Waals surface area (Å²) in [6.07, 6.45) is 0.704. The van der Waals surface area contributed by atoms with E-state index >= 15 is 0 Å². The molecule has 2 nitrogen and oxygen atoms in total. The SMILES string of the molecule is Cc1cccc(Cc2nc(C)c(Br)c(Cl)n2)c1. The minimum absolute atomic E-state index is 0.472. The van der Waals surface area contributed by atoms with Gasteiger partial charge in [0.1, 0.15) is 11.0 Å². The first kappa shape index (κ1) is 12.5. The van der Waals surface area contributed by atoms with E-state index in [1.54, 1.807) is 0 Å². The fourth-order valence-electron chi connectivity index (χ4n) is 1.66. The van der Waals surface area contributed by atoms with Crippen molar-refractivity contribution in [2.45, 2.75) is 20.3 Å². The van der Waals surface area contributed by atoms with Crippen LogP contribution in [0.4, 0.5) is 0 Å². The highest BCUT2D eigenvalue weighted by atomic mass is 79.9. The van der Waals surface area contributed by atoms with Gasteiger partial charge < -0.3 is 0 Å². The van der Waals surface area contributed by atoms with Gasteiger partial charge >= 0.3 is 0 Å². The van der Waals surface area contributed by atoms with E-state index < -0.39 is 0 Å². The van der Waals surface area contributed by atoms with Gasteiger partial charge in [-0.2, -0.15) is 0 Å². The fourth-order valence-corrected chi connectivity index (χ4v) is 2.07. The maximum atomic E-state index is 6.02. The molecule has 0 unspecified atom stereocenters. The second-order valence-electron chi connectivity index (χ2n) is 4.00. The Balaban J connectivity index is 2.31. The van der Waals surface area contributed by atoms with E-state index in [2.05, 4.69) is 51.0 Å². The lowest BCUT2D eigenvalue weighted by molar-refractivity contribution is 0.933. The first-order valence-corrected chi connectivity index (χ1v) is 6.47. The second kappa shape index (κ2) is 5.15. The van der Waals surface area contributed by atoms with Crippen LogP contribution < -0.4 is 0 Å².